The predicted molar refractivity (Wildman–Crippen MR) is 241 cm³/mol. The van der Waals surface area contributed by atoms with E-state index in [4.69, 9.17) is 47.4 Å². The van der Waals surface area contributed by atoms with Crippen LogP contribution in [0.5, 0.6) is 23.0 Å². The minimum atomic E-state index is -0.891. The highest BCUT2D eigenvalue weighted by Crippen LogP contribution is 2.32. The van der Waals surface area contributed by atoms with Crippen molar-refractivity contribution in [2.75, 3.05) is 26.4 Å². The largest absolute Gasteiger partial charge is 0.513 e. The van der Waals surface area contributed by atoms with E-state index in [1.165, 1.54) is 97.1 Å². The first-order valence-corrected chi connectivity index (χ1v) is 21.8. The van der Waals surface area contributed by atoms with Crippen molar-refractivity contribution in [3.63, 3.8) is 0 Å². The topological polar surface area (TPSA) is 212 Å². The molecule has 5 aromatic carbocycles. The van der Waals surface area contributed by atoms with Crippen LogP contribution in [-0.4, -0.2) is 92.8 Å². The zero-order valence-electron chi connectivity index (χ0n) is 37.2. The van der Waals surface area contributed by atoms with Crippen LogP contribution in [0.1, 0.15) is 83.0 Å². The molecule has 69 heavy (non-hydrogen) atoms. The number of ether oxygens (including phenoxy) is 10. The zero-order chi connectivity index (χ0) is 48.7. The summed E-state index contributed by atoms with van der Waals surface area (Å²) in [7, 11) is 0. The van der Waals surface area contributed by atoms with Gasteiger partial charge in [-0.3, -0.25) is 0 Å². The number of benzene rings is 5. The third-order valence-electron chi connectivity index (χ3n) is 10.6. The first kappa shape index (κ1) is 48.8. The minimum absolute atomic E-state index is 0.00995. The summed E-state index contributed by atoms with van der Waals surface area (Å²) in [6, 6.07) is 29.9. The number of fused-ring (bicyclic) bond motifs is 1. The van der Waals surface area contributed by atoms with E-state index in [-0.39, 0.29) is 65.1 Å². The number of aryl methyl sites for hydroxylation is 1. The number of unbranched alkanes of at least 4 members (excludes halogenated alkanes) is 3. The van der Waals surface area contributed by atoms with Crippen molar-refractivity contribution >= 4 is 42.0 Å². The fraction of sp³-hybridized carbons (Fsp3) is 0.250. The second kappa shape index (κ2) is 23.5. The third-order valence-corrected chi connectivity index (χ3v) is 10.6. The van der Waals surface area contributed by atoms with Crippen LogP contribution in [0.4, 0.5) is 4.79 Å². The van der Waals surface area contributed by atoms with Gasteiger partial charge in [0.05, 0.1) is 54.2 Å². The van der Waals surface area contributed by atoms with Crippen LogP contribution in [0.2, 0.25) is 0 Å². The third kappa shape index (κ3) is 13.7. The van der Waals surface area contributed by atoms with E-state index in [0.29, 0.717) is 25.0 Å². The molecule has 356 valence electrons. The van der Waals surface area contributed by atoms with Crippen LogP contribution in [0, 0.1) is 6.92 Å². The second-order valence-electron chi connectivity index (χ2n) is 15.6. The Labute approximate surface area is 395 Å². The van der Waals surface area contributed by atoms with Gasteiger partial charge in [-0.05, 0) is 142 Å². The zero-order valence-corrected chi connectivity index (χ0v) is 37.2. The lowest BCUT2D eigenvalue weighted by Crippen LogP contribution is -2.36. The van der Waals surface area contributed by atoms with E-state index in [0.717, 1.165) is 24.5 Å². The molecule has 2 unspecified atom stereocenters. The first-order chi connectivity index (χ1) is 33.4. The van der Waals surface area contributed by atoms with Gasteiger partial charge >= 0.3 is 42.0 Å². The highest BCUT2D eigenvalue weighted by atomic mass is 16.7. The van der Waals surface area contributed by atoms with Crippen LogP contribution in [0.25, 0.3) is 0 Å². The van der Waals surface area contributed by atoms with Crippen LogP contribution in [0.3, 0.4) is 0 Å². The molecule has 5 aromatic rings. The van der Waals surface area contributed by atoms with Crippen molar-refractivity contribution in [2.24, 2.45) is 0 Å². The fourth-order valence-corrected chi connectivity index (χ4v) is 6.94. The fourth-order valence-electron chi connectivity index (χ4n) is 6.94. The molecule has 4 atom stereocenters. The lowest BCUT2D eigenvalue weighted by atomic mass is 10.1. The molecule has 0 bridgehead atoms. The molecule has 2 aliphatic heterocycles. The van der Waals surface area contributed by atoms with Gasteiger partial charge in [0, 0.05) is 6.08 Å². The average molecular weight is 943 g/mol. The molecule has 0 aromatic heterocycles. The standard InChI is InChI=1S/C52H46O17/c1-3-44(53)60-28-6-4-5-7-29-61-52(59)67-41-26-18-35(19-27-41)49(56)65-38-20-12-34(13-21-38)48(55)66-40-24-16-37(17-25-40)51(58)69-43-31-63-45-42(30-62-46(43)45)68-50(57)36-14-22-39(23-15-36)64-47(54)33-10-8-32(2)9-11-33/h3,8-27,42-43,45-46H,1,4-7,28-31H2,2H3/t42-,43+,45?,46?/m1/s1. The summed E-state index contributed by atoms with van der Waals surface area (Å²) in [5, 5.41) is 0. The molecule has 0 saturated carbocycles. The molecule has 2 saturated heterocycles. The first-order valence-electron chi connectivity index (χ1n) is 21.8. The van der Waals surface area contributed by atoms with Crippen LogP contribution >= 0.6 is 0 Å². The number of rotatable bonds is 19. The molecule has 0 spiro atoms. The molecule has 2 aliphatic rings. The van der Waals surface area contributed by atoms with Crippen LogP contribution < -0.4 is 18.9 Å². The number of carbonyl (C=O) groups excluding carboxylic acids is 7. The van der Waals surface area contributed by atoms with Crippen LogP contribution in [0.15, 0.2) is 134 Å². The molecule has 2 fully saturated rings. The summed E-state index contributed by atoms with van der Waals surface area (Å²) in [6.45, 7) is 5.73. The summed E-state index contributed by atoms with van der Waals surface area (Å²) in [5.74, 6) is -2.99. The van der Waals surface area contributed by atoms with Crippen molar-refractivity contribution < 1.29 is 80.9 Å². The van der Waals surface area contributed by atoms with E-state index in [2.05, 4.69) is 6.58 Å². The maximum Gasteiger partial charge on any atom is 0.513 e. The molecule has 0 radical (unpaired) electrons. The maximum atomic E-state index is 13.1. The van der Waals surface area contributed by atoms with E-state index >= 15 is 0 Å². The monoisotopic (exact) mass is 942 g/mol. The molecule has 17 nitrogen and oxygen atoms in total. The summed E-state index contributed by atoms with van der Waals surface area (Å²) in [5.41, 5.74) is 2.13. The Bertz CT molecular complexity index is 2620. The maximum absolute atomic E-state index is 13.1. The summed E-state index contributed by atoms with van der Waals surface area (Å²) < 4.78 is 54.5. The lowest BCUT2D eigenvalue weighted by Gasteiger charge is -2.17. The molecular weight excluding hydrogens is 897 g/mol. The van der Waals surface area contributed by atoms with E-state index in [9.17, 15) is 33.6 Å². The minimum Gasteiger partial charge on any atom is -0.463 e. The molecule has 7 rings (SSSR count). The lowest BCUT2D eigenvalue weighted by molar-refractivity contribution is -0.137. The highest BCUT2D eigenvalue weighted by Gasteiger charge is 2.51. The van der Waals surface area contributed by atoms with Crippen molar-refractivity contribution in [1.29, 1.82) is 0 Å². The van der Waals surface area contributed by atoms with E-state index in [1.807, 2.05) is 6.92 Å². The van der Waals surface area contributed by atoms with Crippen molar-refractivity contribution in [3.8, 4) is 23.0 Å². The Balaban J connectivity index is 0.797. The number of hydrogen-bond donors (Lipinski definition) is 0. The SMILES string of the molecule is C=CC(=O)OCCCCCCOC(=O)Oc1ccc(C(=O)Oc2ccc(C(=O)Oc3ccc(C(=O)O[C@H]4COC5C4OC[C@H]5OC(=O)c4ccc(OC(=O)c5ccc(C)cc5)cc4)cc3)cc2)cc1. The quantitative estimate of drug-likeness (QED) is 0.0192. The van der Waals surface area contributed by atoms with Crippen LogP contribution in [-0.2, 0) is 33.2 Å². The molecular formula is C52H46O17. The number of esters is 6. The summed E-state index contributed by atoms with van der Waals surface area (Å²) >= 11 is 0. The second-order valence-corrected chi connectivity index (χ2v) is 15.6. The Morgan fingerprint density at radius 2 is 0.797 bits per heavy atom. The number of carbonyl (C=O) groups is 7. The van der Waals surface area contributed by atoms with Crippen molar-refractivity contribution in [2.45, 2.75) is 57.0 Å². The van der Waals surface area contributed by atoms with E-state index < -0.39 is 66.4 Å². The van der Waals surface area contributed by atoms with Gasteiger partial charge in [0.1, 0.15) is 35.2 Å². The normalized spacial score (nSPS) is 16.8. The molecule has 17 heteroatoms. The molecule has 0 aliphatic carbocycles. The van der Waals surface area contributed by atoms with Gasteiger partial charge < -0.3 is 47.4 Å². The van der Waals surface area contributed by atoms with Gasteiger partial charge in [0.15, 0.2) is 12.2 Å². The Morgan fingerprint density at radius 3 is 1.17 bits per heavy atom. The molecule has 2 heterocycles. The van der Waals surface area contributed by atoms with E-state index in [1.54, 1.807) is 24.3 Å². The highest BCUT2D eigenvalue weighted by molar-refractivity contribution is 5.94. The Kier molecular flexibility index (Phi) is 16.6. The van der Waals surface area contributed by atoms with Crippen molar-refractivity contribution in [1.82, 2.24) is 0 Å². The van der Waals surface area contributed by atoms with Gasteiger partial charge in [0.2, 0.25) is 0 Å². The van der Waals surface area contributed by atoms with Gasteiger partial charge in [0.25, 0.3) is 0 Å². The smallest absolute Gasteiger partial charge is 0.463 e. The number of hydrogen-bond acceptors (Lipinski definition) is 17. The summed E-state index contributed by atoms with van der Waals surface area (Å²) in [4.78, 5) is 87.2. The van der Waals surface area contributed by atoms with Crippen molar-refractivity contribution in [3.05, 3.63) is 167 Å². The summed E-state index contributed by atoms with van der Waals surface area (Å²) in [6.07, 6.45) is 0.162. The average Bonchev–Trinajstić information content (AvgIpc) is 3.95. The molecule has 0 N–H and O–H groups in total. The Morgan fingerprint density at radius 1 is 0.464 bits per heavy atom. The Hall–Kier alpha value is -8.15. The van der Waals surface area contributed by atoms with Gasteiger partial charge in [-0.2, -0.15) is 0 Å². The predicted octanol–water partition coefficient (Wildman–Crippen LogP) is 8.01. The molecule has 0 amide bonds. The van der Waals surface area contributed by atoms with Gasteiger partial charge in [-0.15, -0.1) is 0 Å². The van der Waals surface area contributed by atoms with Gasteiger partial charge in [-0.1, -0.05) is 24.3 Å². The van der Waals surface area contributed by atoms with Gasteiger partial charge in [-0.25, -0.2) is 33.6 Å².